The number of nitrogens with one attached hydrogen (secondary N) is 1. The van der Waals surface area contributed by atoms with E-state index in [-0.39, 0.29) is 12.5 Å². The summed E-state index contributed by atoms with van der Waals surface area (Å²) in [7, 11) is 0. The lowest BCUT2D eigenvalue weighted by Crippen LogP contribution is -2.38. The van der Waals surface area contributed by atoms with Crippen LogP contribution in [-0.4, -0.2) is 29.8 Å². The molecule has 1 rings (SSSR count). The van der Waals surface area contributed by atoms with Crippen LogP contribution in [0.3, 0.4) is 0 Å². The summed E-state index contributed by atoms with van der Waals surface area (Å²) < 4.78 is 5.46. The van der Waals surface area contributed by atoms with Gasteiger partial charge in [-0.2, -0.15) is 0 Å². The average molecular weight is 251 g/mol. The number of hydrogen-bond acceptors (Lipinski definition) is 3. The molecule has 0 fully saturated rings. The van der Waals surface area contributed by atoms with Crippen LogP contribution in [-0.2, 0) is 0 Å². The van der Waals surface area contributed by atoms with Crippen molar-refractivity contribution in [2.45, 2.75) is 32.8 Å². The third kappa shape index (κ3) is 5.19. The summed E-state index contributed by atoms with van der Waals surface area (Å²) in [4.78, 5) is 11.8. The molecule has 0 aromatic heterocycles. The van der Waals surface area contributed by atoms with Gasteiger partial charge in [0.1, 0.15) is 5.75 Å². The number of ether oxygens (including phenoxy) is 1. The summed E-state index contributed by atoms with van der Waals surface area (Å²) >= 11 is 0. The molecule has 1 amide bonds. The zero-order chi connectivity index (χ0) is 13.6. The Bertz CT molecular complexity index is 396. The van der Waals surface area contributed by atoms with E-state index >= 15 is 0 Å². The van der Waals surface area contributed by atoms with Crippen molar-refractivity contribution in [3.63, 3.8) is 0 Å². The van der Waals surface area contributed by atoms with Crippen LogP contribution in [0.1, 0.15) is 37.6 Å². The highest BCUT2D eigenvalue weighted by Crippen LogP contribution is 2.13. The Morgan fingerprint density at radius 3 is 2.78 bits per heavy atom. The maximum Gasteiger partial charge on any atom is 0.251 e. The Balaban J connectivity index is 2.62. The van der Waals surface area contributed by atoms with Crippen LogP contribution in [0.15, 0.2) is 24.3 Å². The zero-order valence-electron chi connectivity index (χ0n) is 11.2. The van der Waals surface area contributed by atoms with Gasteiger partial charge >= 0.3 is 0 Å². The third-order valence-electron chi connectivity index (χ3n) is 2.25. The van der Waals surface area contributed by atoms with Crippen molar-refractivity contribution in [3.05, 3.63) is 29.8 Å². The van der Waals surface area contributed by atoms with E-state index in [1.807, 2.05) is 13.0 Å². The molecule has 0 saturated carbocycles. The van der Waals surface area contributed by atoms with Crippen molar-refractivity contribution in [2.24, 2.45) is 0 Å². The predicted molar refractivity (Wildman–Crippen MR) is 70.9 cm³/mol. The molecule has 0 spiro atoms. The van der Waals surface area contributed by atoms with Gasteiger partial charge in [0, 0.05) is 12.1 Å². The SMILES string of the molecule is CCCOc1cccc(C(=O)NCC(C)(C)O)c1. The lowest BCUT2D eigenvalue weighted by Gasteiger charge is -2.17. The summed E-state index contributed by atoms with van der Waals surface area (Å²) in [5, 5.41) is 12.2. The second-order valence-electron chi connectivity index (χ2n) is 4.87. The van der Waals surface area contributed by atoms with E-state index in [1.165, 1.54) is 0 Å². The highest BCUT2D eigenvalue weighted by atomic mass is 16.5. The van der Waals surface area contributed by atoms with Crippen LogP contribution in [0.25, 0.3) is 0 Å². The monoisotopic (exact) mass is 251 g/mol. The first kappa shape index (κ1) is 14.5. The minimum Gasteiger partial charge on any atom is -0.494 e. The van der Waals surface area contributed by atoms with E-state index in [9.17, 15) is 9.90 Å². The highest BCUT2D eigenvalue weighted by Gasteiger charge is 2.14. The summed E-state index contributed by atoms with van der Waals surface area (Å²) in [6.45, 7) is 6.17. The van der Waals surface area contributed by atoms with Gasteiger partial charge in [-0.1, -0.05) is 13.0 Å². The van der Waals surface area contributed by atoms with Gasteiger partial charge in [-0.25, -0.2) is 0 Å². The second-order valence-corrected chi connectivity index (χ2v) is 4.87. The van der Waals surface area contributed by atoms with E-state index in [0.717, 1.165) is 6.42 Å². The molecule has 0 radical (unpaired) electrons. The molecule has 0 saturated heterocycles. The van der Waals surface area contributed by atoms with Crippen molar-refractivity contribution in [1.82, 2.24) is 5.32 Å². The zero-order valence-corrected chi connectivity index (χ0v) is 11.2. The molecule has 0 atom stereocenters. The van der Waals surface area contributed by atoms with Gasteiger partial charge < -0.3 is 15.2 Å². The molecule has 4 heteroatoms. The van der Waals surface area contributed by atoms with Crippen molar-refractivity contribution in [3.8, 4) is 5.75 Å². The molecule has 0 heterocycles. The molecule has 2 N–H and O–H groups in total. The lowest BCUT2D eigenvalue weighted by atomic mass is 10.1. The van der Waals surface area contributed by atoms with Gasteiger partial charge in [0.2, 0.25) is 0 Å². The Hall–Kier alpha value is -1.55. The maximum atomic E-state index is 11.8. The summed E-state index contributed by atoms with van der Waals surface area (Å²) in [6.07, 6.45) is 0.926. The number of carbonyl (C=O) groups is 1. The first-order valence-corrected chi connectivity index (χ1v) is 6.16. The Kier molecular flexibility index (Phi) is 5.16. The summed E-state index contributed by atoms with van der Waals surface area (Å²) in [5.74, 6) is 0.479. The van der Waals surface area contributed by atoms with E-state index in [1.54, 1.807) is 32.0 Å². The number of carbonyl (C=O) groups excluding carboxylic acids is 1. The van der Waals surface area contributed by atoms with E-state index < -0.39 is 5.60 Å². The number of benzene rings is 1. The van der Waals surface area contributed by atoms with Crippen molar-refractivity contribution < 1.29 is 14.6 Å². The predicted octanol–water partition coefficient (Wildman–Crippen LogP) is 1.98. The minimum absolute atomic E-state index is 0.209. The molecule has 0 bridgehead atoms. The van der Waals surface area contributed by atoms with Crippen LogP contribution in [0.5, 0.6) is 5.75 Å². The highest BCUT2D eigenvalue weighted by molar-refractivity contribution is 5.94. The molecule has 0 unspecified atom stereocenters. The first-order valence-electron chi connectivity index (χ1n) is 6.16. The Morgan fingerprint density at radius 2 is 2.17 bits per heavy atom. The van der Waals surface area contributed by atoms with E-state index in [0.29, 0.717) is 17.9 Å². The van der Waals surface area contributed by atoms with Crippen LogP contribution in [0, 0.1) is 0 Å². The molecule has 1 aromatic rings. The molecule has 1 aromatic carbocycles. The molecule has 0 aliphatic rings. The molecule has 4 nitrogen and oxygen atoms in total. The molecule has 100 valence electrons. The fourth-order valence-corrected chi connectivity index (χ4v) is 1.35. The van der Waals surface area contributed by atoms with Gasteiger partial charge in [0.25, 0.3) is 5.91 Å². The molecule has 0 aliphatic heterocycles. The van der Waals surface area contributed by atoms with Crippen molar-refractivity contribution in [1.29, 1.82) is 0 Å². The fourth-order valence-electron chi connectivity index (χ4n) is 1.35. The molecule has 18 heavy (non-hydrogen) atoms. The maximum absolute atomic E-state index is 11.8. The van der Waals surface area contributed by atoms with Crippen LogP contribution < -0.4 is 10.1 Å². The minimum atomic E-state index is -0.911. The van der Waals surface area contributed by atoms with E-state index in [4.69, 9.17) is 4.74 Å². The van der Waals surface area contributed by atoms with Gasteiger partial charge in [-0.3, -0.25) is 4.79 Å². The third-order valence-corrected chi connectivity index (χ3v) is 2.25. The summed E-state index contributed by atoms with van der Waals surface area (Å²) in [6, 6.07) is 7.03. The van der Waals surface area contributed by atoms with Gasteiger partial charge in [-0.15, -0.1) is 0 Å². The quantitative estimate of drug-likeness (QED) is 0.812. The molecule has 0 aliphatic carbocycles. The smallest absolute Gasteiger partial charge is 0.251 e. The van der Waals surface area contributed by atoms with Gasteiger partial charge in [0.05, 0.1) is 12.2 Å². The Morgan fingerprint density at radius 1 is 1.44 bits per heavy atom. The molecular formula is C14H21NO3. The van der Waals surface area contributed by atoms with Gasteiger partial charge in [0.15, 0.2) is 0 Å². The van der Waals surface area contributed by atoms with Crippen molar-refractivity contribution >= 4 is 5.91 Å². The van der Waals surface area contributed by atoms with Crippen LogP contribution in [0.4, 0.5) is 0 Å². The van der Waals surface area contributed by atoms with Crippen molar-refractivity contribution in [2.75, 3.05) is 13.2 Å². The Labute approximate surface area is 108 Å². The largest absolute Gasteiger partial charge is 0.494 e. The standard InChI is InChI=1S/C14H21NO3/c1-4-8-18-12-7-5-6-11(9-12)13(16)15-10-14(2,3)17/h5-7,9,17H,4,8,10H2,1-3H3,(H,15,16). The normalized spacial score (nSPS) is 11.1. The number of amides is 1. The topological polar surface area (TPSA) is 58.6 Å². The van der Waals surface area contributed by atoms with E-state index in [2.05, 4.69) is 5.32 Å². The first-order chi connectivity index (χ1) is 8.42. The van der Waals surface area contributed by atoms with Crippen LogP contribution in [0.2, 0.25) is 0 Å². The summed E-state index contributed by atoms with van der Waals surface area (Å²) in [5.41, 5.74) is -0.376. The average Bonchev–Trinajstić information content (AvgIpc) is 2.33. The number of rotatable bonds is 6. The number of hydrogen-bond donors (Lipinski definition) is 2. The van der Waals surface area contributed by atoms with Gasteiger partial charge in [-0.05, 0) is 38.5 Å². The number of aliphatic hydroxyl groups is 1. The van der Waals surface area contributed by atoms with Crippen LogP contribution >= 0.6 is 0 Å². The second kappa shape index (κ2) is 6.40. The molecular weight excluding hydrogens is 230 g/mol. The fraction of sp³-hybridized carbons (Fsp3) is 0.500. The lowest BCUT2D eigenvalue weighted by molar-refractivity contribution is 0.0694.